The van der Waals surface area contributed by atoms with Gasteiger partial charge in [-0.25, -0.2) is 0 Å². The van der Waals surface area contributed by atoms with Crippen LogP contribution in [0.15, 0.2) is 0 Å². The van der Waals surface area contributed by atoms with Crippen LogP contribution >= 0.6 is 11.8 Å². The van der Waals surface area contributed by atoms with E-state index in [1.165, 1.54) is 25.0 Å². The van der Waals surface area contributed by atoms with Crippen molar-refractivity contribution in [3.8, 4) is 0 Å². The van der Waals surface area contributed by atoms with E-state index in [9.17, 15) is 0 Å². The van der Waals surface area contributed by atoms with Crippen LogP contribution in [0.1, 0.15) is 44.9 Å². The summed E-state index contributed by atoms with van der Waals surface area (Å²) in [5.74, 6) is 2.98. The van der Waals surface area contributed by atoms with Gasteiger partial charge in [0.05, 0.1) is 11.2 Å². The van der Waals surface area contributed by atoms with Crippen molar-refractivity contribution in [2.75, 3.05) is 25.2 Å². The Morgan fingerprint density at radius 3 is 2.74 bits per heavy atom. The van der Waals surface area contributed by atoms with E-state index in [-0.39, 0.29) is 17.2 Å². The van der Waals surface area contributed by atoms with Crippen molar-refractivity contribution in [1.29, 1.82) is 0 Å². The zero-order chi connectivity index (χ0) is 13.3. The minimum absolute atomic E-state index is 0.0467. The van der Waals surface area contributed by atoms with Crippen LogP contribution in [0.25, 0.3) is 0 Å². The third-order valence-corrected chi connectivity index (χ3v) is 6.79. The van der Waals surface area contributed by atoms with Crippen molar-refractivity contribution < 1.29 is 9.47 Å². The van der Waals surface area contributed by atoms with Crippen LogP contribution < -0.4 is 5.73 Å². The molecule has 3 rings (SSSR count). The summed E-state index contributed by atoms with van der Waals surface area (Å²) in [6.07, 6.45) is 8.29. The summed E-state index contributed by atoms with van der Waals surface area (Å²) in [5.41, 5.74) is 6.75. The Labute approximate surface area is 121 Å². The molecule has 3 nitrogen and oxygen atoms in total. The number of nitrogens with two attached hydrogens (primary N) is 1. The number of methoxy groups -OCH3 is 1. The molecular weight excluding hydrogens is 258 g/mol. The fourth-order valence-electron chi connectivity index (χ4n) is 4.31. The molecule has 0 aromatic rings. The summed E-state index contributed by atoms with van der Waals surface area (Å²) in [6.45, 7) is 0.888. The minimum atomic E-state index is -0.0467. The topological polar surface area (TPSA) is 44.5 Å². The average molecular weight is 285 g/mol. The van der Waals surface area contributed by atoms with Crippen LogP contribution in [0.2, 0.25) is 0 Å². The maximum atomic E-state index is 6.66. The second-order valence-corrected chi connectivity index (χ2v) is 7.69. The Balaban J connectivity index is 1.70. The zero-order valence-corrected chi connectivity index (χ0v) is 12.8. The molecule has 0 aromatic carbocycles. The first-order chi connectivity index (χ1) is 9.20. The van der Waals surface area contributed by atoms with Gasteiger partial charge in [-0.05, 0) is 43.8 Å². The quantitative estimate of drug-likeness (QED) is 0.865. The fourth-order valence-corrected chi connectivity index (χ4v) is 5.69. The molecular formula is C15H27NO2S. The molecule has 3 atom stereocenters. The molecule has 3 unspecified atom stereocenters. The average Bonchev–Trinajstić information content (AvgIpc) is 3.08. The van der Waals surface area contributed by atoms with Gasteiger partial charge in [-0.15, -0.1) is 0 Å². The maximum absolute atomic E-state index is 6.66. The van der Waals surface area contributed by atoms with E-state index in [4.69, 9.17) is 15.2 Å². The minimum Gasteiger partial charge on any atom is -0.377 e. The van der Waals surface area contributed by atoms with E-state index in [2.05, 4.69) is 0 Å². The van der Waals surface area contributed by atoms with Crippen LogP contribution in [0, 0.1) is 5.92 Å². The number of rotatable bonds is 3. The summed E-state index contributed by atoms with van der Waals surface area (Å²) in [4.78, 5) is 0. The Morgan fingerprint density at radius 1 is 1.32 bits per heavy atom. The monoisotopic (exact) mass is 285 g/mol. The van der Waals surface area contributed by atoms with Gasteiger partial charge in [0, 0.05) is 25.5 Å². The first-order valence-corrected chi connectivity index (χ1v) is 8.88. The van der Waals surface area contributed by atoms with E-state index in [0.717, 1.165) is 38.0 Å². The lowest BCUT2D eigenvalue weighted by atomic mass is 9.75. The molecule has 0 radical (unpaired) electrons. The second-order valence-electron chi connectivity index (χ2n) is 6.59. The van der Waals surface area contributed by atoms with Gasteiger partial charge in [0.15, 0.2) is 0 Å². The fraction of sp³-hybridized carbons (Fsp3) is 1.00. The van der Waals surface area contributed by atoms with Crippen molar-refractivity contribution >= 4 is 11.8 Å². The third-order valence-electron chi connectivity index (χ3n) is 5.57. The summed E-state index contributed by atoms with van der Waals surface area (Å²) in [5, 5.41) is 0. The summed E-state index contributed by atoms with van der Waals surface area (Å²) < 4.78 is 12.0. The smallest absolute Gasteiger partial charge is 0.0831 e. The molecule has 110 valence electrons. The molecule has 0 aromatic heterocycles. The van der Waals surface area contributed by atoms with Crippen molar-refractivity contribution in [3.63, 3.8) is 0 Å². The highest BCUT2D eigenvalue weighted by atomic mass is 32.2. The standard InChI is InChI=1S/C15H27NO2S/c1-17-15(5-2-3-6-15)13(16)12-4-8-18-14(10-12)7-9-19-11-14/h12-13H,2-11,16H2,1H3. The molecule has 0 amide bonds. The molecule has 2 saturated heterocycles. The lowest BCUT2D eigenvalue weighted by molar-refractivity contribution is -0.109. The zero-order valence-electron chi connectivity index (χ0n) is 12.0. The molecule has 2 heterocycles. The highest BCUT2D eigenvalue weighted by Crippen LogP contribution is 2.45. The molecule has 2 aliphatic heterocycles. The van der Waals surface area contributed by atoms with Crippen LogP contribution in [0.5, 0.6) is 0 Å². The van der Waals surface area contributed by atoms with Gasteiger partial charge in [-0.3, -0.25) is 0 Å². The summed E-state index contributed by atoms with van der Waals surface area (Å²) in [6, 6.07) is 0.186. The van der Waals surface area contributed by atoms with Gasteiger partial charge in [0.2, 0.25) is 0 Å². The van der Waals surface area contributed by atoms with Gasteiger partial charge in [0.25, 0.3) is 0 Å². The van der Waals surface area contributed by atoms with E-state index in [1.807, 2.05) is 18.9 Å². The molecule has 1 aliphatic carbocycles. The second kappa shape index (κ2) is 5.55. The van der Waals surface area contributed by atoms with Gasteiger partial charge in [0.1, 0.15) is 0 Å². The summed E-state index contributed by atoms with van der Waals surface area (Å²) >= 11 is 2.03. The van der Waals surface area contributed by atoms with Crippen molar-refractivity contribution in [2.24, 2.45) is 11.7 Å². The predicted molar refractivity (Wildman–Crippen MR) is 79.5 cm³/mol. The highest BCUT2D eigenvalue weighted by molar-refractivity contribution is 7.99. The normalized spacial score (nSPS) is 39.8. The molecule has 19 heavy (non-hydrogen) atoms. The predicted octanol–water partition coefficient (Wildman–Crippen LogP) is 2.58. The van der Waals surface area contributed by atoms with Crippen LogP contribution in [0.3, 0.4) is 0 Å². The Bertz CT molecular complexity index is 311. The van der Waals surface area contributed by atoms with E-state index in [1.54, 1.807) is 0 Å². The lowest BCUT2D eigenvalue weighted by Gasteiger charge is -2.45. The SMILES string of the molecule is COC1(C(N)C2CCOC3(CCSC3)C2)CCCC1. The highest BCUT2D eigenvalue weighted by Gasteiger charge is 2.48. The molecule has 1 spiro atoms. The van der Waals surface area contributed by atoms with E-state index < -0.39 is 0 Å². The van der Waals surface area contributed by atoms with E-state index >= 15 is 0 Å². The summed E-state index contributed by atoms with van der Waals surface area (Å²) in [7, 11) is 1.85. The van der Waals surface area contributed by atoms with Crippen LogP contribution in [0.4, 0.5) is 0 Å². The molecule has 0 bridgehead atoms. The van der Waals surface area contributed by atoms with Gasteiger partial charge in [-0.2, -0.15) is 11.8 Å². The van der Waals surface area contributed by atoms with Gasteiger partial charge >= 0.3 is 0 Å². The van der Waals surface area contributed by atoms with Crippen LogP contribution in [-0.4, -0.2) is 42.5 Å². The number of thioether (sulfide) groups is 1. The molecule has 3 fully saturated rings. The van der Waals surface area contributed by atoms with E-state index in [0.29, 0.717) is 5.92 Å². The number of hydrogen-bond acceptors (Lipinski definition) is 4. The van der Waals surface area contributed by atoms with Crippen molar-refractivity contribution in [1.82, 2.24) is 0 Å². The maximum Gasteiger partial charge on any atom is 0.0831 e. The molecule has 4 heteroatoms. The lowest BCUT2D eigenvalue weighted by Crippen LogP contribution is -2.55. The third kappa shape index (κ3) is 2.57. The van der Waals surface area contributed by atoms with Crippen molar-refractivity contribution in [2.45, 2.75) is 62.2 Å². The first-order valence-electron chi connectivity index (χ1n) is 7.72. The Kier molecular flexibility index (Phi) is 4.14. The molecule has 2 N–H and O–H groups in total. The van der Waals surface area contributed by atoms with Gasteiger partial charge in [-0.1, -0.05) is 12.8 Å². The Hall–Kier alpha value is 0.230. The van der Waals surface area contributed by atoms with Gasteiger partial charge < -0.3 is 15.2 Å². The van der Waals surface area contributed by atoms with Crippen LogP contribution in [-0.2, 0) is 9.47 Å². The first kappa shape index (κ1) is 14.2. The largest absolute Gasteiger partial charge is 0.377 e. The van der Waals surface area contributed by atoms with Crippen molar-refractivity contribution in [3.05, 3.63) is 0 Å². The molecule has 3 aliphatic rings. The molecule has 1 saturated carbocycles. The Morgan fingerprint density at radius 2 is 2.11 bits per heavy atom. The number of hydrogen-bond donors (Lipinski definition) is 1. The number of ether oxygens (including phenoxy) is 2.